The summed E-state index contributed by atoms with van der Waals surface area (Å²) in [6, 6.07) is 17.6. The molecule has 14 rings (SSSR count). The number of carboxylic acid groups (broad SMARTS) is 4. The molecule has 6 aliphatic rings. The standard InChI is InChI=1S/C22H27N5O4.C22H29N5O4.C21H25N5O4.C21H27N5O4/c1-13-20(28)26(2)17-12-23-22(25-19(17)27(13)15-7-5-4-6-8-15)24-16-10-9-14(21(29)30)11-18(16)31-3;1-6-16-20(28)26(4)17-12-23-22(25-19(17)27(16)10-9-13(2)3)24-15-8-7-14(21(29)30)11-18(15)31-5;1-12-19(27)25(2)16-11-22-21(24-18(16)26(12)14-6-4-5-7-14)23-15-9-8-13(20(28)29)10-17(15)30-3;1-12(2)8-9-26-13(3)19(27)25(4)16-11-22-21(24-18(16)26)23-15-7-6-14(20(28)29)10-17(15)30-5/h9-13,15H,4-8H2,1-3H3,(H,29,30)(H,23,24,25);7-8,11-13,16H,6,9-10H2,1-5H3,(H,29,30)(H,23,24,25);8-12,14H,4-7H2,1-3H3,(H,28,29)(H,22,23,24);6-7,10-13H,8-9H2,1-5H3,(H,28,29)(H,22,23,24)/t13-;16-;12-;13-/m1111/s1. The first-order chi connectivity index (χ1) is 58.3. The fraction of sp³-hybridized carbons (Fsp3) is 0.442. The van der Waals surface area contributed by atoms with Crippen molar-refractivity contribution in [3.05, 3.63) is 120 Å². The van der Waals surface area contributed by atoms with Gasteiger partial charge in [0.05, 0.1) is 98.2 Å². The number of nitrogens with zero attached hydrogens (tertiary/aromatic N) is 16. The lowest BCUT2D eigenvalue weighted by atomic mass is 9.92. The Labute approximate surface area is 708 Å². The van der Waals surface area contributed by atoms with Crippen molar-refractivity contribution in [3.8, 4) is 23.0 Å². The summed E-state index contributed by atoms with van der Waals surface area (Å²) in [5, 5.41) is 49.2. The van der Waals surface area contributed by atoms with E-state index in [2.05, 4.69) is 88.6 Å². The van der Waals surface area contributed by atoms with Gasteiger partial charge in [-0.3, -0.25) is 19.2 Å². The van der Waals surface area contributed by atoms with Crippen LogP contribution in [0.4, 0.5) is 92.6 Å². The molecule has 4 aromatic carbocycles. The smallest absolute Gasteiger partial charge is 0.335 e. The van der Waals surface area contributed by atoms with Crippen molar-refractivity contribution in [1.82, 2.24) is 39.9 Å². The zero-order valence-corrected chi connectivity index (χ0v) is 71.6. The Balaban J connectivity index is 0.000000159. The highest BCUT2D eigenvalue weighted by atomic mass is 16.5. The second-order valence-electron chi connectivity index (χ2n) is 31.3. The number of carbonyl (C=O) groups excluding carboxylic acids is 4. The molecule has 0 bridgehead atoms. The van der Waals surface area contributed by atoms with E-state index in [4.69, 9.17) is 39.0 Å². The number of fused-ring (bicyclic) bond motifs is 4. The van der Waals surface area contributed by atoms with E-state index in [1.165, 1.54) is 83.4 Å². The molecular weight excluding hydrogens is 1570 g/mol. The van der Waals surface area contributed by atoms with E-state index in [0.717, 1.165) is 82.4 Å². The summed E-state index contributed by atoms with van der Waals surface area (Å²) in [5.41, 5.74) is 5.41. The largest absolute Gasteiger partial charge is 0.495 e. The third-order valence-electron chi connectivity index (χ3n) is 22.6. The predicted octanol–water partition coefficient (Wildman–Crippen LogP) is 13.2. The van der Waals surface area contributed by atoms with Gasteiger partial charge in [-0.15, -0.1) is 0 Å². The number of nitrogens with one attached hydrogen (secondary N) is 4. The van der Waals surface area contributed by atoms with Gasteiger partial charge in [0, 0.05) is 53.4 Å². The van der Waals surface area contributed by atoms with Crippen LogP contribution in [-0.2, 0) is 19.2 Å². The molecule has 4 aliphatic heterocycles. The van der Waals surface area contributed by atoms with Crippen molar-refractivity contribution in [3.63, 3.8) is 0 Å². The molecule has 0 radical (unpaired) electrons. The van der Waals surface area contributed by atoms with Gasteiger partial charge in [-0.2, -0.15) is 19.9 Å². The number of aromatic carboxylic acids is 4. The number of hydrogen-bond acceptors (Lipinski definition) is 28. The summed E-state index contributed by atoms with van der Waals surface area (Å²) in [6.45, 7) is 17.7. The molecule has 8 aromatic rings. The lowest BCUT2D eigenvalue weighted by Gasteiger charge is -2.44. The number of likely N-dealkylation sites (N-methyl/N-ethyl adjacent to an activating group) is 4. The van der Waals surface area contributed by atoms with Crippen molar-refractivity contribution in [2.45, 2.75) is 169 Å². The van der Waals surface area contributed by atoms with E-state index in [1.54, 1.807) is 96.8 Å². The van der Waals surface area contributed by atoms with Gasteiger partial charge in [0.15, 0.2) is 23.3 Å². The summed E-state index contributed by atoms with van der Waals surface area (Å²) in [6.07, 6.45) is 19.1. The predicted molar refractivity (Wildman–Crippen MR) is 465 cm³/mol. The van der Waals surface area contributed by atoms with Crippen LogP contribution in [0.3, 0.4) is 0 Å². The normalized spacial score (nSPS) is 17.5. The zero-order chi connectivity index (χ0) is 88.2. The second kappa shape index (κ2) is 39.2. The molecule has 2 fully saturated rings. The molecule has 8 heterocycles. The molecule has 8 N–H and O–H groups in total. The summed E-state index contributed by atoms with van der Waals surface area (Å²) >= 11 is 0. The summed E-state index contributed by atoms with van der Waals surface area (Å²) in [7, 11) is 12.9. The average Bonchev–Trinajstić information content (AvgIpc) is 0.958. The van der Waals surface area contributed by atoms with Crippen LogP contribution in [0, 0.1) is 11.8 Å². The topological polar surface area (TPSA) is 432 Å². The van der Waals surface area contributed by atoms with Crippen molar-refractivity contribution < 1.29 is 77.7 Å². The van der Waals surface area contributed by atoms with E-state index in [9.17, 15) is 53.7 Å². The molecule has 4 atom stereocenters. The van der Waals surface area contributed by atoms with Gasteiger partial charge in [0.1, 0.15) is 69.9 Å². The van der Waals surface area contributed by atoms with E-state index in [0.29, 0.717) is 129 Å². The molecule has 36 heteroatoms. The number of methoxy groups -OCH3 is 4. The number of benzene rings is 4. The Morgan fingerprint density at radius 3 is 0.967 bits per heavy atom. The molecular formula is C86H108N20O16. The quantitative estimate of drug-likeness (QED) is 0.0263. The van der Waals surface area contributed by atoms with E-state index >= 15 is 0 Å². The van der Waals surface area contributed by atoms with E-state index < -0.39 is 23.9 Å². The van der Waals surface area contributed by atoms with Crippen molar-refractivity contribution in [2.24, 2.45) is 11.8 Å². The van der Waals surface area contributed by atoms with Gasteiger partial charge < -0.3 is 99.8 Å². The number of amides is 4. The Hall–Kier alpha value is -13.4. The highest BCUT2D eigenvalue weighted by Crippen LogP contribution is 2.44. The van der Waals surface area contributed by atoms with Crippen LogP contribution in [0.15, 0.2) is 97.6 Å². The minimum atomic E-state index is -1.03. The molecule has 2 aliphatic carbocycles. The first kappa shape index (κ1) is 89.4. The van der Waals surface area contributed by atoms with Crippen LogP contribution >= 0.6 is 0 Å². The number of ether oxygens (including phenoxy) is 4. The molecule has 4 aromatic heterocycles. The monoisotopic (exact) mass is 1680 g/mol. The lowest BCUT2D eigenvalue weighted by molar-refractivity contribution is -0.120. The van der Waals surface area contributed by atoms with Gasteiger partial charge in [-0.25, -0.2) is 39.1 Å². The van der Waals surface area contributed by atoms with Crippen LogP contribution in [0.25, 0.3) is 0 Å². The van der Waals surface area contributed by atoms with Crippen molar-refractivity contribution in [1.29, 1.82) is 0 Å². The fourth-order valence-corrected chi connectivity index (χ4v) is 15.7. The van der Waals surface area contributed by atoms with Crippen LogP contribution in [0.5, 0.6) is 23.0 Å². The highest BCUT2D eigenvalue weighted by Gasteiger charge is 2.43. The number of rotatable bonds is 25. The minimum absolute atomic E-state index is 0.00138. The molecule has 2 saturated carbocycles. The van der Waals surface area contributed by atoms with Crippen molar-refractivity contribution >= 4 is 140 Å². The lowest BCUT2D eigenvalue weighted by Crippen LogP contribution is -2.55. The van der Waals surface area contributed by atoms with Gasteiger partial charge in [0.25, 0.3) is 0 Å². The Morgan fingerprint density at radius 2 is 0.672 bits per heavy atom. The molecule has 122 heavy (non-hydrogen) atoms. The molecule has 0 unspecified atom stereocenters. The van der Waals surface area contributed by atoms with E-state index in [1.807, 2.05) is 32.6 Å². The fourth-order valence-electron chi connectivity index (χ4n) is 15.7. The summed E-state index contributed by atoms with van der Waals surface area (Å²) in [5.74, 6) is 2.70. The molecule has 4 amide bonds. The zero-order valence-electron chi connectivity index (χ0n) is 71.6. The van der Waals surface area contributed by atoms with Gasteiger partial charge in [-0.05, 0) is 150 Å². The third-order valence-corrected chi connectivity index (χ3v) is 22.6. The number of hydrogen-bond donors (Lipinski definition) is 8. The van der Waals surface area contributed by atoms with Gasteiger partial charge in [-0.1, -0.05) is 66.7 Å². The van der Waals surface area contributed by atoms with Crippen LogP contribution in [0.2, 0.25) is 0 Å². The van der Waals surface area contributed by atoms with E-state index in [-0.39, 0.29) is 82.1 Å². The first-order valence-corrected chi connectivity index (χ1v) is 40.7. The summed E-state index contributed by atoms with van der Waals surface area (Å²) < 4.78 is 21.3. The summed E-state index contributed by atoms with van der Waals surface area (Å²) in [4.78, 5) is 147. The Kier molecular flexibility index (Phi) is 28.7. The minimum Gasteiger partial charge on any atom is -0.495 e. The van der Waals surface area contributed by atoms with Crippen molar-refractivity contribution in [2.75, 3.05) is 130 Å². The molecule has 0 saturated heterocycles. The maximum Gasteiger partial charge on any atom is 0.335 e. The first-order valence-electron chi connectivity index (χ1n) is 40.7. The van der Waals surface area contributed by atoms with Crippen LogP contribution in [-0.4, -0.2) is 214 Å². The number of carbonyl (C=O) groups is 8. The third kappa shape index (κ3) is 19.7. The number of aromatic nitrogens is 8. The number of anilines is 16. The number of carboxylic acids is 4. The Bertz CT molecular complexity index is 5200. The van der Waals surface area contributed by atoms with Gasteiger partial charge >= 0.3 is 23.9 Å². The molecule has 0 spiro atoms. The van der Waals surface area contributed by atoms with Crippen LogP contribution < -0.4 is 79.4 Å². The Morgan fingerprint density at radius 1 is 0.402 bits per heavy atom. The molecule has 36 nitrogen and oxygen atoms in total. The maximum atomic E-state index is 12.9. The second-order valence-corrected chi connectivity index (χ2v) is 31.3. The highest BCUT2D eigenvalue weighted by molar-refractivity contribution is 6.07. The SMILES string of the molecule is CC[C@@H]1C(=O)N(C)c2cnc(Nc3ccc(C(=O)O)cc3OC)nc2N1CCC(C)C.COc1cc(C(=O)O)ccc1Nc1ncc2c(n1)N(C1CCCC1)[C@H](C)C(=O)N2C.COc1cc(C(=O)O)ccc1Nc1ncc2c(n1)N(C1CCCCC1)[C@H](C)C(=O)N2C.COc1cc(C(=O)O)ccc1Nc1ncc2c(n1)N(CCC(C)C)[C@H](C)C(=O)N2C. The molecule has 648 valence electrons. The van der Waals surface area contributed by atoms with Crippen LogP contribution in [0.1, 0.15) is 174 Å². The van der Waals surface area contributed by atoms with Gasteiger partial charge in [0.2, 0.25) is 47.4 Å². The average molecular weight is 1680 g/mol. The maximum absolute atomic E-state index is 12.9.